The molecule has 0 saturated carbocycles. The summed E-state index contributed by atoms with van der Waals surface area (Å²) in [5.74, 6) is -1.38. The molecule has 10 nitrogen and oxygen atoms in total. The number of halogens is 4. The van der Waals surface area contributed by atoms with Crippen molar-refractivity contribution in [3.05, 3.63) is 92.9 Å². The molecule has 0 aliphatic rings. The highest BCUT2D eigenvalue weighted by molar-refractivity contribution is 6.29. The van der Waals surface area contributed by atoms with Gasteiger partial charge in [0.2, 0.25) is 0 Å². The van der Waals surface area contributed by atoms with Crippen LogP contribution in [0.1, 0.15) is 40.1 Å². The van der Waals surface area contributed by atoms with Crippen molar-refractivity contribution in [2.75, 3.05) is 5.32 Å². The average molecular weight is 584 g/mol. The average Bonchev–Trinajstić information content (AvgIpc) is 3.36. The Balaban J connectivity index is 1.66. The Morgan fingerprint density at radius 3 is 2.49 bits per heavy atom. The van der Waals surface area contributed by atoms with E-state index in [4.69, 9.17) is 11.6 Å². The second-order valence-corrected chi connectivity index (χ2v) is 9.66. The minimum atomic E-state index is -4.77. The number of carboxylic acids is 1. The third-order valence-corrected chi connectivity index (χ3v) is 6.63. The SMILES string of the molecule is Cc1c(-c2ccc(-c3ccn(C)n3)nc2)nc2c([C@@H](C)Nc3ccc(Cl)nc3C(=O)O)cc(C(F)(F)F)cn2c1=O. The number of pyridine rings is 3. The molecule has 210 valence electrons. The Morgan fingerprint density at radius 1 is 1.12 bits per heavy atom. The van der Waals surface area contributed by atoms with Crippen LogP contribution in [0.4, 0.5) is 18.9 Å². The molecule has 0 aliphatic heterocycles. The molecule has 41 heavy (non-hydrogen) atoms. The quantitative estimate of drug-likeness (QED) is 0.254. The van der Waals surface area contributed by atoms with Crippen LogP contribution in [0.3, 0.4) is 0 Å². The van der Waals surface area contributed by atoms with Crippen LogP contribution >= 0.6 is 11.6 Å². The summed E-state index contributed by atoms with van der Waals surface area (Å²) in [6.07, 6.45) is -0.786. The molecule has 0 spiro atoms. The van der Waals surface area contributed by atoms with Crippen molar-refractivity contribution in [3.63, 3.8) is 0 Å². The number of nitrogens with zero attached hydrogens (tertiary/aromatic N) is 6. The molecule has 0 radical (unpaired) electrons. The molecular formula is C27H21ClF3N7O3. The second kappa shape index (κ2) is 10.3. The predicted molar refractivity (Wildman–Crippen MR) is 145 cm³/mol. The molecule has 0 aliphatic carbocycles. The highest BCUT2D eigenvalue weighted by atomic mass is 35.5. The summed E-state index contributed by atoms with van der Waals surface area (Å²) < 4.78 is 44.1. The molecule has 0 amide bonds. The first-order valence-corrected chi connectivity index (χ1v) is 12.5. The van der Waals surface area contributed by atoms with Crippen LogP contribution in [-0.2, 0) is 13.2 Å². The number of fused-ring (bicyclic) bond motifs is 1. The number of aryl methyl sites for hydroxylation is 1. The fraction of sp³-hybridized carbons (Fsp3) is 0.185. The van der Waals surface area contributed by atoms with Crippen molar-refractivity contribution in [3.8, 4) is 22.6 Å². The third-order valence-electron chi connectivity index (χ3n) is 6.42. The van der Waals surface area contributed by atoms with Gasteiger partial charge in [0.15, 0.2) is 5.69 Å². The van der Waals surface area contributed by atoms with Crippen molar-refractivity contribution in [2.45, 2.75) is 26.1 Å². The lowest BCUT2D eigenvalue weighted by atomic mass is 10.0. The Hall–Kier alpha value is -4.78. The topological polar surface area (TPSA) is 127 Å². The molecule has 0 aromatic carbocycles. The first kappa shape index (κ1) is 27.8. The number of aromatic carboxylic acids is 1. The first-order chi connectivity index (χ1) is 19.3. The summed E-state index contributed by atoms with van der Waals surface area (Å²) in [6, 6.07) is 7.84. The number of aromatic nitrogens is 6. The number of carbonyl (C=O) groups is 1. The Kier molecular flexibility index (Phi) is 6.99. The molecule has 0 saturated heterocycles. The summed E-state index contributed by atoms with van der Waals surface area (Å²) in [5.41, 5.74) is -0.141. The number of hydrogen-bond donors (Lipinski definition) is 2. The summed E-state index contributed by atoms with van der Waals surface area (Å²) >= 11 is 5.83. The number of alkyl halides is 3. The van der Waals surface area contributed by atoms with Crippen LogP contribution in [0.15, 0.2) is 59.8 Å². The zero-order chi connectivity index (χ0) is 29.6. The molecule has 0 bridgehead atoms. The highest BCUT2D eigenvalue weighted by Gasteiger charge is 2.33. The lowest BCUT2D eigenvalue weighted by Gasteiger charge is -2.21. The number of rotatable bonds is 6. The molecule has 5 rings (SSSR count). The van der Waals surface area contributed by atoms with E-state index in [-0.39, 0.29) is 33.3 Å². The largest absolute Gasteiger partial charge is 0.476 e. The lowest BCUT2D eigenvalue weighted by molar-refractivity contribution is -0.137. The monoisotopic (exact) mass is 583 g/mol. The van der Waals surface area contributed by atoms with E-state index >= 15 is 0 Å². The zero-order valence-electron chi connectivity index (χ0n) is 21.7. The van der Waals surface area contributed by atoms with E-state index in [2.05, 4.69) is 25.4 Å². The van der Waals surface area contributed by atoms with E-state index in [1.807, 2.05) is 0 Å². The summed E-state index contributed by atoms with van der Waals surface area (Å²) in [5, 5.41) is 16.7. The fourth-order valence-electron chi connectivity index (χ4n) is 4.37. The van der Waals surface area contributed by atoms with E-state index in [0.717, 1.165) is 10.5 Å². The molecular weight excluding hydrogens is 563 g/mol. The maximum absolute atomic E-state index is 13.9. The van der Waals surface area contributed by atoms with Crippen molar-refractivity contribution >= 4 is 28.9 Å². The maximum Gasteiger partial charge on any atom is 0.417 e. The standard InChI is InChI=1S/C27H21ClF3N7O3/c1-13-22(15-4-5-18(32-11-15)19-8-9-37(3)36-19)35-24-17(10-16(27(29,30)31)12-38(24)25(13)39)14(2)33-20-6-7-21(28)34-23(20)26(40)41/h4-12,14,33H,1-3H3,(H,40,41)/t14-/m1/s1. The predicted octanol–water partition coefficient (Wildman–Crippen LogP) is 5.40. The van der Waals surface area contributed by atoms with E-state index in [0.29, 0.717) is 23.1 Å². The van der Waals surface area contributed by atoms with Gasteiger partial charge in [-0.3, -0.25) is 18.9 Å². The molecule has 0 unspecified atom stereocenters. The third kappa shape index (κ3) is 5.35. The van der Waals surface area contributed by atoms with Gasteiger partial charge in [0.25, 0.3) is 5.56 Å². The molecule has 5 aromatic rings. The smallest absolute Gasteiger partial charge is 0.417 e. The van der Waals surface area contributed by atoms with Crippen molar-refractivity contribution in [1.29, 1.82) is 0 Å². The van der Waals surface area contributed by atoms with Gasteiger partial charge >= 0.3 is 12.1 Å². The normalized spacial score (nSPS) is 12.5. The minimum Gasteiger partial charge on any atom is -0.476 e. The number of hydrogen-bond acceptors (Lipinski definition) is 7. The Morgan fingerprint density at radius 2 is 1.88 bits per heavy atom. The van der Waals surface area contributed by atoms with Crippen molar-refractivity contribution < 1.29 is 23.1 Å². The van der Waals surface area contributed by atoms with Gasteiger partial charge in [0.1, 0.15) is 16.5 Å². The van der Waals surface area contributed by atoms with Crippen molar-refractivity contribution in [1.82, 2.24) is 29.1 Å². The van der Waals surface area contributed by atoms with Gasteiger partial charge in [-0.2, -0.15) is 18.3 Å². The summed E-state index contributed by atoms with van der Waals surface area (Å²) in [7, 11) is 1.78. The molecule has 2 N–H and O–H groups in total. The highest BCUT2D eigenvalue weighted by Crippen LogP contribution is 2.34. The number of anilines is 1. The fourth-order valence-corrected chi connectivity index (χ4v) is 4.52. The van der Waals surface area contributed by atoms with Gasteiger partial charge in [0, 0.05) is 42.3 Å². The van der Waals surface area contributed by atoms with Gasteiger partial charge in [-0.1, -0.05) is 11.6 Å². The van der Waals surface area contributed by atoms with Crippen molar-refractivity contribution in [2.24, 2.45) is 7.05 Å². The van der Waals surface area contributed by atoms with Crippen LogP contribution < -0.4 is 10.9 Å². The molecule has 1 atom stereocenters. The van der Waals surface area contributed by atoms with Crippen LogP contribution in [-0.4, -0.2) is 40.2 Å². The number of nitrogens with one attached hydrogen (secondary N) is 1. The van der Waals surface area contributed by atoms with Gasteiger partial charge in [-0.15, -0.1) is 0 Å². The second-order valence-electron chi connectivity index (χ2n) is 9.27. The Labute approximate surface area is 235 Å². The molecule has 0 fully saturated rings. The van der Waals surface area contributed by atoms with E-state index in [1.54, 1.807) is 36.1 Å². The van der Waals surface area contributed by atoms with Crippen LogP contribution in [0, 0.1) is 6.92 Å². The molecule has 5 heterocycles. The first-order valence-electron chi connectivity index (χ1n) is 12.1. The minimum absolute atomic E-state index is 0.00234. The molecule has 14 heteroatoms. The van der Waals surface area contributed by atoms with Gasteiger partial charge < -0.3 is 10.4 Å². The Bertz CT molecular complexity index is 1870. The van der Waals surface area contributed by atoms with Crippen LogP contribution in [0.5, 0.6) is 0 Å². The lowest BCUT2D eigenvalue weighted by Crippen LogP contribution is -2.24. The van der Waals surface area contributed by atoms with E-state index < -0.39 is 35.0 Å². The molecule has 5 aromatic heterocycles. The van der Waals surface area contributed by atoms with Crippen LogP contribution in [0.25, 0.3) is 28.3 Å². The van der Waals surface area contributed by atoms with Gasteiger partial charge in [-0.25, -0.2) is 14.8 Å². The van der Waals surface area contributed by atoms with E-state index in [9.17, 15) is 27.9 Å². The maximum atomic E-state index is 13.9. The van der Waals surface area contributed by atoms with Crippen LogP contribution in [0.2, 0.25) is 5.15 Å². The zero-order valence-corrected chi connectivity index (χ0v) is 22.5. The van der Waals surface area contributed by atoms with E-state index in [1.165, 1.54) is 32.2 Å². The summed E-state index contributed by atoms with van der Waals surface area (Å²) in [4.78, 5) is 37.9. The van der Waals surface area contributed by atoms with Gasteiger partial charge in [0.05, 0.1) is 28.7 Å². The number of carboxylic acid groups (broad SMARTS) is 1. The van der Waals surface area contributed by atoms with Gasteiger partial charge in [-0.05, 0) is 50.2 Å². The summed E-state index contributed by atoms with van der Waals surface area (Å²) in [6.45, 7) is 2.99.